The van der Waals surface area contributed by atoms with Crippen molar-refractivity contribution in [3.63, 3.8) is 0 Å². The predicted molar refractivity (Wildman–Crippen MR) is 115 cm³/mol. The minimum Gasteiger partial charge on any atom is -0.483 e. The fourth-order valence-electron chi connectivity index (χ4n) is 4.47. The number of Topliss-reactive ketones (excluding diaryl/α,β-unsaturated/α-hetero) is 1. The maximum atomic E-state index is 13.9. The summed E-state index contributed by atoms with van der Waals surface area (Å²) >= 11 is 0. The van der Waals surface area contributed by atoms with Gasteiger partial charge in [-0.25, -0.2) is 13.6 Å². The average Bonchev–Trinajstić information content (AvgIpc) is 3.19. The molecule has 174 valence electrons. The van der Waals surface area contributed by atoms with Crippen LogP contribution < -0.4 is 10.1 Å². The number of rotatable bonds is 5. The van der Waals surface area contributed by atoms with E-state index >= 15 is 0 Å². The largest absolute Gasteiger partial charge is 0.483 e. The number of hydrogen-bond donors (Lipinski definition) is 1. The van der Waals surface area contributed by atoms with Crippen molar-refractivity contribution >= 4 is 11.8 Å². The van der Waals surface area contributed by atoms with Crippen molar-refractivity contribution in [1.82, 2.24) is 5.32 Å². The van der Waals surface area contributed by atoms with Crippen LogP contribution in [-0.4, -0.2) is 18.9 Å². The lowest BCUT2D eigenvalue weighted by atomic mass is 9.69. The van der Waals surface area contributed by atoms with Crippen LogP contribution in [0.2, 0.25) is 0 Å². The molecular formula is C25H25F2NO5. The Balaban J connectivity index is 1.68. The molecule has 33 heavy (non-hydrogen) atoms. The number of furan rings is 1. The van der Waals surface area contributed by atoms with Gasteiger partial charge in [0.1, 0.15) is 23.9 Å². The first-order valence-electron chi connectivity index (χ1n) is 10.6. The van der Waals surface area contributed by atoms with E-state index < -0.39 is 23.5 Å². The van der Waals surface area contributed by atoms with E-state index in [4.69, 9.17) is 13.9 Å². The molecule has 0 radical (unpaired) electrons. The van der Waals surface area contributed by atoms with Crippen LogP contribution in [0.4, 0.5) is 8.78 Å². The molecule has 0 saturated heterocycles. The fraction of sp³-hybridized carbons (Fsp3) is 0.360. The zero-order valence-corrected chi connectivity index (χ0v) is 18.9. The second-order valence-corrected chi connectivity index (χ2v) is 9.09. The summed E-state index contributed by atoms with van der Waals surface area (Å²) in [7, 11) is 1.29. The van der Waals surface area contributed by atoms with Crippen molar-refractivity contribution in [2.24, 2.45) is 5.41 Å². The van der Waals surface area contributed by atoms with E-state index in [9.17, 15) is 18.4 Å². The molecule has 0 spiro atoms. The topological polar surface area (TPSA) is 77.8 Å². The number of dihydropyridines is 1. The van der Waals surface area contributed by atoms with E-state index in [0.29, 0.717) is 41.2 Å². The van der Waals surface area contributed by atoms with Gasteiger partial charge in [-0.1, -0.05) is 13.8 Å². The van der Waals surface area contributed by atoms with Crippen LogP contribution in [0.3, 0.4) is 0 Å². The lowest BCUT2D eigenvalue weighted by Crippen LogP contribution is -2.38. The van der Waals surface area contributed by atoms with Gasteiger partial charge in [-0.05, 0) is 43.0 Å². The van der Waals surface area contributed by atoms with Crippen LogP contribution in [0.25, 0.3) is 0 Å². The monoisotopic (exact) mass is 457 g/mol. The van der Waals surface area contributed by atoms with Gasteiger partial charge in [0.2, 0.25) is 0 Å². The van der Waals surface area contributed by atoms with Gasteiger partial charge >= 0.3 is 5.97 Å². The highest BCUT2D eigenvalue weighted by Crippen LogP contribution is 2.47. The number of carbonyl (C=O) groups excluding carboxylic acids is 2. The molecule has 6 nitrogen and oxygen atoms in total. The normalized spacial score (nSPS) is 19.8. The smallest absolute Gasteiger partial charge is 0.336 e. The average molecular weight is 457 g/mol. The minimum absolute atomic E-state index is 0.0600. The predicted octanol–water partition coefficient (Wildman–Crippen LogP) is 4.91. The number of nitrogens with one attached hydrogen (secondary N) is 1. The number of ketones is 1. The number of allylic oxidation sites excluding steroid dienone is 3. The van der Waals surface area contributed by atoms with E-state index in [1.54, 1.807) is 19.1 Å². The second kappa shape index (κ2) is 8.50. The van der Waals surface area contributed by atoms with E-state index in [1.165, 1.54) is 13.2 Å². The van der Waals surface area contributed by atoms with E-state index in [1.807, 2.05) is 13.8 Å². The summed E-state index contributed by atoms with van der Waals surface area (Å²) in [5, 5.41) is 3.23. The van der Waals surface area contributed by atoms with Crippen LogP contribution in [0.15, 0.2) is 57.3 Å². The molecule has 0 fully saturated rings. The molecule has 2 heterocycles. The first-order valence-corrected chi connectivity index (χ1v) is 10.6. The first-order chi connectivity index (χ1) is 15.6. The molecule has 1 atom stereocenters. The number of carbonyl (C=O) groups is 2. The summed E-state index contributed by atoms with van der Waals surface area (Å²) in [5.41, 5.74) is 1.95. The Kier molecular flexibility index (Phi) is 5.86. The standard InChI is InChI=1S/C25H25F2NO5/c1-13-21(24(30)31-4)23(22-17(28-13)10-25(2,3)11-18(22)29)20-8-6-15(33-20)12-32-19-7-5-14(26)9-16(19)27/h5-9,23,28H,10-12H2,1-4H3. The van der Waals surface area contributed by atoms with Crippen molar-refractivity contribution in [1.29, 1.82) is 0 Å². The van der Waals surface area contributed by atoms with Gasteiger partial charge < -0.3 is 19.2 Å². The van der Waals surface area contributed by atoms with Gasteiger partial charge in [-0.15, -0.1) is 0 Å². The molecule has 1 aromatic heterocycles. The number of esters is 1. The van der Waals surface area contributed by atoms with Gasteiger partial charge in [0.15, 0.2) is 17.3 Å². The molecule has 2 aliphatic rings. The quantitative estimate of drug-likeness (QED) is 0.643. The minimum atomic E-state index is -0.822. The summed E-state index contributed by atoms with van der Waals surface area (Å²) in [6.45, 7) is 5.70. The van der Waals surface area contributed by atoms with Gasteiger partial charge in [0.25, 0.3) is 0 Å². The van der Waals surface area contributed by atoms with E-state index in [2.05, 4.69) is 5.32 Å². The van der Waals surface area contributed by atoms with Gasteiger partial charge in [-0.3, -0.25) is 4.79 Å². The first kappa shape index (κ1) is 22.8. The lowest BCUT2D eigenvalue weighted by Gasteiger charge is -2.38. The van der Waals surface area contributed by atoms with Gasteiger partial charge in [0.05, 0.1) is 18.6 Å². The molecule has 2 aromatic rings. The molecule has 1 N–H and O–H groups in total. The molecular weight excluding hydrogens is 432 g/mol. The SMILES string of the molecule is COC(=O)C1=C(C)NC2=C(C(=O)CC(C)(C)C2)C1c1ccc(COc2ccc(F)cc2F)o1. The van der Waals surface area contributed by atoms with E-state index in [-0.39, 0.29) is 23.6 Å². The van der Waals surface area contributed by atoms with Crippen LogP contribution >= 0.6 is 0 Å². The van der Waals surface area contributed by atoms with E-state index in [0.717, 1.165) is 17.8 Å². The van der Waals surface area contributed by atoms with Crippen molar-refractivity contribution in [2.45, 2.75) is 46.1 Å². The Labute approximate surface area is 190 Å². The molecule has 0 amide bonds. The Morgan fingerprint density at radius 1 is 1.21 bits per heavy atom. The van der Waals surface area contributed by atoms with Crippen LogP contribution in [0, 0.1) is 17.0 Å². The molecule has 1 aliphatic heterocycles. The number of methoxy groups -OCH3 is 1. The lowest BCUT2D eigenvalue weighted by molar-refractivity contribution is -0.136. The molecule has 1 unspecified atom stereocenters. The Hall–Kier alpha value is -3.42. The maximum absolute atomic E-state index is 13.9. The van der Waals surface area contributed by atoms with Crippen molar-refractivity contribution < 1.29 is 32.3 Å². The van der Waals surface area contributed by atoms with Crippen molar-refractivity contribution in [3.8, 4) is 5.75 Å². The molecule has 1 aliphatic carbocycles. The zero-order chi connectivity index (χ0) is 23.9. The van der Waals surface area contributed by atoms with Crippen LogP contribution in [-0.2, 0) is 20.9 Å². The summed E-state index contributed by atoms with van der Waals surface area (Å²) in [4.78, 5) is 25.8. The molecule has 8 heteroatoms. The maximum Gasteiger partial charge on any atom is 0.336 e. The number of hydrogen-bond acceptors (Lipinski definition) is 6. The van der Waals surface area contributed by atoms with Gasteiger partial charge in [-0.2, -0.15) is 0 Å². The number of benzene rings is 1. The van der Waals surface area contributed by atoms with Crippen molar-refractivity contribution in [3.05, 3.63) is 76.0 Å². The second-order valence-electron chi connectivity index (χ2n) is 9.09. The highest BCUT2D eigenvalue weighted by molar-refractivity contribution is 6.03. The zero-order valence-electron chi connectivity index (χ0n) is 18.9. The number of ether oxygens (including phenoxy) is 2. The van der Waals surface area contributed by atoms with Gasteiger partial charge in [0, 0.05) is 29.5 Å². The molecule has 0 bridgehead atoms. The van der Waals surface area contributed by atoms with Crippen molar-refractivity contribution in [2.75, 3.05) is 7.11 Å². The summed E-state index contributed by atoms with van der Waals surface area (Å²) < 4.78 is 43.3. The highest BCUT2D eigenvalue weighted by atomic mass is 19.1. The Bertz CT molecular complexity index is 1190. The van der Waals surface area contributed by atoms with Crippen LogP contribution in [0.5, 0.6) is 5.75 Å². The highest BCUT2D eigenvalue weighted by Gasteiger charge is 2.44. The third-order valence-electron chi connectivity index (χ3n) is 5.88. The summed E-state index contributed by atoms with van der Waals surface area (Å²) in [5.74, 6) is -2.24. The van der Waals surface area contributed by atoms with Crippen LogP contribution in [0.1, 0.15) is 51.1 Å². The molecule has 0 saturated carbocycles. The third kappa shape index (κ3) is 4.42. The molecule has 4 rings (SSSR count). The Morgan fingerprint density at radius 3 is 2.67 bits per heavy atom. The fourth-order valence-corrected chi connectivity index (χ4v) is 4.47. The summed E-state index contributed by atoms with van der Waals surface area (Å²) in [6.07, 6.45) is 0.995. The number of halogens is 2. The molecule has 1 aromatic carbocycles. The Morgan fingerprint density at radius 2 is 1.97 bits per heavy atom. The summed E-state index contributed by atoms with van der Waals surface area (Å²) in [6, 6.07) is 6.34. The third-order valence-corrected chi connectivity index (χ3v) is 5.88.